The number of rotatable bonds is 5. The van der Waals surface area contributed by atoms with Crippen LogP contribution in [0.1, 0.15) is 39.5 Å². The number of hydrogen-bond acceptors (Lipinski definition) is 3. The van der Waals surface area contributed by atoms with Gasteiger partial charge in [0, 0.05) is 46.1 Å². The van der Waals surface area contributed by atoms with Crippen molar-refractivity contribution in [1.29, 1.82) is 0 Å². The lowest BCUT2D eigenvalue weighted by Crippen LogP contribution is -2.47. The maximum atomic E-state index is 11.9. The zero-order valence-electron chi connectivity index (χ0n) is 11.2. The summed E-state index contributed by atoms with van der Waals surface area (Å²) in [5, 5.41) is 10.3. The van der Waals surface area contributed by atoms with Crippen molar-refractivity contribution in [3.05, 3.63) is 0 Å². The molecule has 1 aliphatic heterocycles. The van der Waals surface area contributed by atoms with Gasteiger partial charge >= 0.3 is 0 Å². The van der Waals surface area contributed by atoms with E-state index in [4.69, 9.17) is 4.74 Å². The first-order valence-corrected chi connectivity index (χ1v) is 6.51. The van der Waals surface area contributed by atoms with Crippen LogP contribution in [0.15, 0.2) is 0 Å². The molecular weight excluding hydrogens is 218 g/mol. The molecule has 0 aromatic heterocycles. The molecule has 4 nitrogen and oxygen atoms in total. The first-order valence-electron chi connectivity index (χ1n) is 6.51. The molecule has 0 radical (unpaired) electrons. The Kier molecular flexibility index (Phi) is 5.40. The molecule has 1 saturated heterocycles. The third-order valence-electron chi connectivity index (χ3n) is 3.60. The number of aliphatic hydroxyl groups is 1. The Morgan fingerprint density at radius 2 is 2.06 bits per heavy atom. The number of amides is 1. The molecule has 0 saturated carbocycles. The first-order chi connectivity index (χ1) is 7.97. The molecule has 1 heterocycles. The molecule has 0 aromatic carbocycles. The standard InChI is InChI=1S/C13H25NO3/c1-4-11(2)9-12(15)14(3)10-13(16)5-7-17-8-6-13/h11,16H,4-10H2,1-3H3. The molecule has 0 bridgehead atoms. The monoisotopic (exact) mass is 243 g/mol. The van der Waals surface area contributed by atoms with Crippen molar-refractivity contribution in [3.63, 3.8) is 0 Å². The lowest BCUT2D eigenvalue weighted by Gasteiger charge is -2.35. The van der Waals surface area contributed by atoms with Crippen LogP contribution in [-0.2, 0) is 9.53 Å². The zero-order chi connectivity index (χ0) is 12.9. The van der Waals surface area contributed by atoms with Crippen molar-refractivity contribution in [2.75, 3.05) is 26.8 Å². The van der Waals surface area contributed by atoms with Crippen LogP contribution < -0.4 is 0 Å². The van der Waals surface area contributed by atoms with Gasteiger partial charge in [-0.25, -0.2) is 0 Å². The molecule has 0 spiro atoms. The molecule has 1 aliphatic rings. The minimum Gasteiger partial charge on any atom is -0.388 e. The SMILES string of the molecule is CCC(C)CC(=O)N(C)CC1(O)CCOCC1. The molecule has 1 N–H and O–H groups in total. The van der Waals surface area contributed by atoms with Gasteiger partial charge in [-0.3, -0.25) is 4.79 Å². The van der Waals surface area contributed by atoms with Crippen LogP contribution in [0.2, 0.25) is 0 Å². The molecular formula is C13H25NO3. The Labute approximate surface area is 104 Å². The summed E-state index contributed by atoms with van der Waals surface area (Å²) in [6.07, 6.45) is 2.82. The molecule has 17 heavy (non-hydrogen) atoms. The minimum absolute atomic E-state index is 0.124. The van der Waals surface area contributed by atoms with Crippen LogP contribution in [0, 0.1) is 5.92 Å². The van der Waals surface area contributed by atoms with Crippen molar-refractivity contribution in [1.82, 2.24) is 4.90 Å². The van der Waals surface area contributed by atoms with E-state index in [-0.39, 0.29) is 5.91 Å². The average molecular weight is 243 g/mol. The van der Waals surface area contributed by atoms with Crippen LogP contribution in [0.4, 0.5) is 0 Å². The quantitative estimate of drug-likeness (QED) is 0.794. The highest BCUT2D eigenvalue weighted by Crippen LogP contribution is 2.22. The molecule has 100 valence electrons. The minimum atomic E-state index is -0.752. The normalized spacial score (nSPS) is 20.9. The summed E-state index contributed by atoms with van der Waals surface area (Å²) in [6.45, 7) is 5.76. The van der Waals surface area contributed by atoms with Crippen molar-refractivity contribution in [2.24, 2.45) is 5.92 Å². The molecule has 1 amide bonds. The predicted molar refractivity (Wildman–Crippen MR) is 66.7 cm³/mol. The number of likely N-dealkylation sites (N-methyl/N-ethyl adjacent to an activating group) is 1. The smallest absolute Gasteiger partial charge is 0.222 e. The summed E-state index contributed by atoms with van der Waals surface area (Å²) >= 11 is 0. The van der Waals surface area contributed by atoms with Crippen LogP contribution in [0.25, 0.3) is 0 Å². The highest BCUT2D eigenvalue weighted by atomic mass is 16.5. The first kappa shape index (κ1) is 14.5. The van der Waals surface area contributed by atoms with Crippen molar-refractivity contribution < 1.29 is 14.6 Å². The number of hydrogen-bond donors (Lipinski definition) is 1. The molecule has 1 atom stereocenters. The van der Waals surface area contributed by atoms with Gasteiger partial charge < -0.3 is 14.7 Å². The van der Waals surface area contributed by atoms with Gasteiger partial charge in [-0.15, -0.1) is 0 Å². The van der Waals surface area contributed by atoms with E-state index in [0.29, 0.717) is 44.9 Å². The average Bonchev–Trinajstić information content (AvgIpc) is 2.29. The Balaban J connectivity index is 2.41. The highest BCUT2D eigenvalue weighted by molar-refractivity contribution is 5.76. The van der Waals surface area contributed by atoms with Crippen LogP contribution in [-0.4, -0.2) is 48.3 Å². The number of nitrogens with zero attached hydrogens (tertiary/aromatic N) is 1. The Hall–Kier alpha value is -0.610. The van der Waals surface area contributed by atoms with Crippen LogP contribution in [0.3, 0.4) is 0 Å². The van der Waals surface area contributed by atoms with Gasteiger partial charge in [0.25, 0.3) is 0 Å². The Morgan fingerprint density at radius 1 is 1.47 bits per heavy atom. The summed E-state index contributed by atoms with van der Waals surface area (Å²) in [6, 6.07) is 0. The number of carbonyl (C=O) groups excluding carboxylic acids is 1. The topological polar surface area (TPSA) is 49.8 Å². The van der Waals surface area contributed by atoms with E-state index < -0.39 is 5.60 Å². The molecule has 1 fully saturated rings. The summed E-state index contributed by atoms with van der Waals surface area (Å²) in [5.74, 6) is 0.536. The second-order valence-corrected chi connectivity index (χ2v) is 5.30. The largest absolute Gasteiger partial charge is 0.388 e. The fourth-order valence-corrected chi connectivity index (χ4v) is 2.04. The Morgan fingerprint density at radius 3 is 2.59 bits per heavy atom. The fourth-order valence-electron chi connectivity index (χ4n) is 2.04. The lowest BCUT2D eigenvalue weighted by molar-refractivity contribution is -0.137. The number of ether oxygens (including phenoxy) is 1. The van der Waals surface area contributed by atoms with E-state index in [9.17, 15) is 9.90 Å². The van der Waals surface area contributed by atoms with Gasteiger partial charge in [0.05, 0.1) is 5.60 Å². The van der Waals surface area contributed by atoms with E-state index >= 15 is 0 Å². The summed E-state index contributed by atoms with van der Waals surface area (Å²) in [7, 11) is 1.78. The van der Waals surface area contributed by atoms with E-state index in [1.54, 1.807) is 11.9 Å². The van der Waals surface area contributed by atoms with Gasteiger partial charge in [-0.2, -0.15) is 0 Å². The zero-order valence-corrected chi connectivity index (χ0v) is 11.2. The second-order valence-electron chi connectivity index (χ2n) is 5.30. The van der Waals surface area contributed by atoms with Crippen molar-refractivity contribution >= 4 is 5.91 Å². The van der Waals surface area contributed by atoms with Crippen molar-refractivity contribution in [2.45, 2.75) is 45.1 Å². The van der Waals surface area contributed by atoms with Gasteiger partial charge in [0.15, 0.2) is 0 Å². The van der Waals surface area contributed by atoms with E-state index in [1.807, 2.05) is 0 Å². The van der Waals surface area contributed by atoms with Crippen molar-refractivity contribution in [3.8, 4) is 0 Å². The van der Waals surface area contributed by atoms with Crippen LogP contribution >= 0.6 is 0 Å². The summed E-state index contributed by atoms with van der Waals surface area (Å²) < 4.78 is 5.23. The third-order valence-corrected chi connectivity index (χ3v) is 3.60. The summed E-state index contributed by atoms with van der Waals surface area (Å²) in [5.41, 5.74) is -0.752. The molecule has 1 unspecified atom stereocenters. The highest BCUT2D eigenvalue weighted by Gasteiger charge is 2.32. The maximum absolute atomic E-state index is 11.9. The molecule has 0 aromatic rings. The van der Waals surface area contributed by atoms with E-state index in [1.165, 1.54) is 0 Å². The summed E-state index contributed by atoms with van der Waals surface area (Å²) in [4.78, 5) is 13.6. The molecule has 4 heteroatoms. The van der Waals surface area contributed by atoms with Gasteiger partial charge in [0.2, 0.25) is 5.91 Å². The van der Waals surface area contributed by atoms with E-state index in [0.717, 1.165) is 6.42 Å². The second kappa shape index (κ2) is 6.36. The Bertz CT molecular complexity index is 249. The lowest BCUT2D eigenvalue weighted by atomic mass is 9.93. The van der Waals surface area contributed by atoms with Gasteiger partial charge in [0.1, 0.15) is 0 Å². The van der Waals surface area contributed by atoms with E-state index in [2.05, 4.69) is 13.8 Å². The third kappa shape index (κ3) is 4.64. The molecule has 0 aliphatic carbocycles. The van der Waals surface area contributed by atoms with Crippen LogP contribution in [0.5, 0.6) is 0 Å². The molecule has 1 rings (SSSR count). The fraction of sp³-hybridized carbons (Fsp3) is 0.923. The number of carbonyl (C=O) groups is 1. The van der Waals surface area contributed by atoms with Gasteiger partial charge in [-0.1, -0.05) is 20.3 Å². The maximum Gasteiger partial charge on any atom is 0.222 e. The predicted octanol–water partition coefficient (Wildman–Crippen LogP) is 1.42. The van der Waals surface area contributed by atoms with Gasteiger partial charge in [-0.05, 0) is 5.92 Å².